The normalized spacial score (nSPS) is 11.5. The molecule has 0 saturated carbocycles. The van der Waals surface area contributed by atoms with Crippen LogP contribution in [0.25, 0.3) is 0 Å². The van der Waals surface area contributed by atoms with E-state index < -0.39 is 10.0 Å². The standard InChI is InChI=1S/C14H23NO5S/c1-2-3-10-19-11-8-15-21(17,18)14-6-4-13(5-7-14)20-12-9-16/h4-7,15-16H,2-3,8-12H2,1H3. The number of aliphatic hydroxyl groups excluding tert-OH is 1. The van der Waals surface area contributed by atoms with Gasteiger partial charge in [0.1, 0.15) is 12.4 Å². The van der Waals surface area contributed by atoms with Gasteiger partial charge in [-0.1, -0.05) is 13.3 Å². The molecular formula is C14H23NO5S. The second-order valence-corrected chi connectivity index (χ2v) is 6.17. The summed E-state index contributed by atoms with van der Waals surface area (Å²) in [4.78, 5) is 0.174. The van der Waals surface area contributed by atoms with Crippen molar-refractivity contribution in [2.45, 2.75) is 24.7 Å². The molecule has 0 radical (unpaired) electrons. The Morgan fingerprint density at radius 1 is 1.14 bits per heavy atom. The van der Waals surface area contributed by atoms with Crippen LogP contribution in [0.3, 0.4) is 0 Å². The first-order valence-electron chi connectivity index (χ1n) is 7.01. The van der Waals surface area contributed by atoms with Gasteiger partial charge >= 0.3 is 0 Å². The minimum Gasteiger partial charge on any atom is -0.491 e. The summed E-state index contributed by atoms with van der Waals surface area (Å²) < 4.78 is 37.0. The molecule has 0 atom stereocenters. The summed E-state index contributed by atoms with van der Waals surface area (Å²) in [5, 5.41) is 8.64. The zero-order valence-corrected chi connectivity index (χ0v) is 13.1. The van der Waals surface area contributed by atoms with Gasteiger partial charge in [-0.25, -0.2) is 13.1 Å². The Labute approximate surface area is 126 Å². The van der Waals surface area contributed by atoms with Gasteiger partial charge in [-0.05, 0) is 30.7 Å². The fraction of sp³-hybridized carbons (Fsp3) is 0.571. The molecule has 1 aromatic carbocycles. The summed E-state index contributed by atoms with van der Waals surface area (Å²) in [7, 11) is -3.53. The van der Waals surface area contributed by atoms with Crippen LogP contribution in [-0.2, 0) is 14.8 Å². The van der Waals surface area contributed by atoms with Crippen LogP contribution in [0.1, 0.15) is 19.8 Å². The number of unbranched alkanes of at least 4 members (excludes halogenated alkanes) is 1. The fourth-order valence-electron chi connectivity index (χ4n) is 1.56. The van der Waals surface area contributed by atoms with Crippen molar-refractivity contribution in [2.75, 3.05) is 33.0 Å². The quantitative estimate of drug-likeness (QED) is 0.598. The molecule has 0 bridgehead atoms. The maximum absolute atomic E-state index is 12.0. The van der Waals surface area contributed by atoms with E-state index in [0.29, 0.717) is 19.0 Å². The summed E-state index contributed by atoms with van der Waals surface area (Å²) in [6, 6.07) is 6.05. The Morgan fingerprint density at radius 2 is 1.86 bits per heavy atom. The molecule has 0 unspecified atom stereocenters. The fourth-order valence-corrected chi connectivity index (χ4v) is 2.57. The average molecular weight is 317 g/mol. The van der Waals surface area contributed by atoms with Crippen molar-refractivity contribution in [3.63, 3.8) is 0 Å². The van der Waals surface area contributed by atoms with E-state index in [0.717, 1.165) is 12.8 Å². The minimum atomic E-state index is -3.53. The molecule has 6 nitrogen and oxygen atoms in total. The maximum Gasteiger partial charge on any atom is 0.240 e. The van der Waals surface area contributed by atoms with Crippen molar-refractivity contribution >= 4 is 10.0 Å². The van der Waals surface area contributed by atoms with E-state index in [1.54, 1.807) is 12.1 Å². The minimum absolute atomic E-state index is 0.0837. The van der Waals surface area contributed by atoms with Crippen molar-refractivity contribution in [1.29, 1.82) is 0 Å². The lowest BCUT2D eigenvalue weighted by atomic mass is 10.3. The van der Waals surface area contributed by atoms with Gasteiger partial charge in [-0.3, -0.25) is 0 Å². The first-order chi connectivity index (χ1) is 10.1. The van der Waals surface area contributed by atoms with Crippen molar-refractivity contribution in [1.82, 2.24) is 4.72 Å². The molecule has 1 aromatic rings. The van der Waals surface area contributed by atoms with Gasteiger partial charge in [-0.2, -0.15) is 0 Å². The SMILES string of the molecule is CCCCOCCNS(=O)(=O)c1ccc(OCCO)cc1. The first kappa shape index (κ1) is 17.9. The number of aliphatic hydroxyl groups is 1. The lowest BCUT2D eigenvalue weighted by Gasteiger charge is -2.08. The van der Waals surface area contributed by atoms with Gasteiger partial charge in [0.05, 0.1) is 18.1 Å². The molecule has 1 rings (SSSR count). The van der Waals surface area contributed by atoms with Gasteiger partial charge in [0.25, 0.3) is 0 Å². The van der Waals surface area contributed by atoms with Crippen molar-refractivity contribution in [3.05, 3.63) is 24.3 Å². The molecule has 0 fully saturated rings. The van der Waals surface area contributed by atoms with Crippen LogP contribution < -0.4 is 9.46 Å². The molecule has 2 N–H and O–H groups in total. The number of rotatable bonds is 11. The van der Waals surface area contributed by atoms with Crippen LogP contribution in [0.5, 0.6) is 5.75 Å². The van der Waals surface area contributed by atoms with Crippen LogP contribution in [0.15, 0.2) is 29.2 Å². The molecule has 120 valence electrons. The maximum atomic E-state index is 12.0. The summed E-state index contributed by atoms with van der Waals surface area (Å²) >= 11 is 0. The molecule has 21 heavy (non-hydrogen) atoms. The van der Waals surface area contributed by atoms with E-state index in [9.17, 15) is 8.42 Å². The van der Waals surface area contributed by atoms with Gasteiger partial charge in [0.2, 0.25) is 10.0 Å². The number of ether oxygens (including phenoxy) is 2. The number of benzene rings is 1. The highest BCUT2D eigenvalue weighted by molar-refractivity contribution is 7.89. The third kappa shape index (κ3) is 6.90. The Hall–Kier alpha value is -1.15. The van der Waals surface area contributed by atoms with Crippen molar-refractivity contribution in [2.24, 2.45) is 0 Å². The summed E-state index contributed by atoms with van der Waals surface area (Å²) in [6.07, 6.45) is 2.03. The zero-order valence-electron chi connectivity index (χ0n) is 12.2. The number of sulfonamides is 1. The Bertz CT molecular complexity index is 487. The molecule has 0 aliphatic carbocycles. The molecule has 0 aromatic heterocycles. The van der Waals surface area contributed by atoms with Gasteiger partial charge < -0.3 is 14.6 Å². The van der Waals surface area contributed by atoms with Crippen molar-refractivity contribution < 1.29 is 23.0 Å². The Morgan fingerprint density at radius 3 is 2.48 bits per heavy atom. The molecule has 0 heterocycles. The summed E-state index contributed by atoms with van der Waals surface area (Å²) in [6.45, 7) is 3.42. The first-order valence-corrected chi connectivity index (χ1v) is 8.49. The largest absolute Gasteiger partial charge is 0.491 e. The monoisotopic (exact) mass is 317 g/mol. The van der Waals surface area contributed by atoms with Crippen LogP contribution in [0.4, 0.5) is 0 Å². The third-order valence-corrected chi connectivity index (χ3v) is 4.15. The molecule has 0 spiro atoms. The van der Waals surface area contributed by atoms with E-state index in [1.807, 2.05) is 0 Å². The molecule has 0 aliphatic rings. The van der Waals surface area contributed by atoms with E-state index >= 15 is 0 Å². The highest BCUT2D eigenvalue weighted by Gasteiger charge is 2.13. The topological polar surface area (TPSA) is 84.9 Å². The Balaban J connectivity index is 2.42. The smallest absolute Gasteiger partial charge is 0.240 e. The number of hydrogen-bond acceptors (Lipinski definition) is 5. The number of nitrogens with one attached hydrogen (secondary N) is 1. The van der Waals surface area contributed by atoms with E-state index in [2.05, 4.69) is 11.6 Å². The molecular weight excluding hydrogens is 294 g/mol. The summed E-state index contributed by atoms with van der Waals surface area (Å²) in [5.41, 5.74) is 0. The second-order valence-electron chi connectivity index (χ2n) is 4.41. The van der Waals surface area contributed by atoms with Gasteiger partial charge in [0, 0.05) is 13.2 Å². The molecule has 0 saturated heterocycles. The predicted octanol–water partition coefficient (Wildman–Crippen LogP) is 1.15. The van der Waals surface area contributed by atoms with Crippen LogP contribution in [-0.4, -0.2) is 46.5 Å². The molecule has 0 amide bonds. The zero-order chi connectivity index (χ0) is 15.6. The van der Waals surface area contributed by atoms with Crippen LogP contribution >= 0.6 is 0 Å². The van der Waals surface area contributed by atoms with E-state index in [1.165, 1.54) is 12.1 Å². The Kier molecular flexibility index (Phi) is 8.29. The second kappa shape index (κ2) is 9.73. The summed E-state index contributed by atoms with van der Waals surface area (Å²) in [5.74, 6) is 0.519. The van der Waals surface area contributed by atoms with Gasteiger partial charge in [-0.15, -0.1) is 0 Å². The predicted molar refractivity (Wildman–Crippen MR) is 79.9 cm³/mol. The van der Waals surface area contributed by atoms with Crippen molar-refractivity contribution in [3.8, 4) is 5.75 Å². The van der Waals surface area contributed by atoms with Crippen LogP contribution in [0.2, 0.25) is 0 Å². The highest BCUT2D eigenvalue weighted by atomic mass is 32.2. The molecule has 7 heteroatoms. The highest BCUT2D eigenvalue weighted by Crippen LogP contribution is 2.15. The third-order valence-electron chi connectivity index (χ3n) is 2.67. The van der Waals surface area contributed by atoms with Gasteiger partial charge in [0.15, 0.2) is 0 Å². The van der Waals surface area contributed by atoms with E-state index in [4.69, 9.17) is 14.6 Å². The molecule has 0 aliphatic heterocycles. The van der Waals surface area contributed by atoms with Crippen LogP contribution in [0, 0.1) is 0 Å². The van der Waals surface area contributed by atoms with E-state index in [-0.39, 0.29) is 24.7 Å². The number of hydrogen-bond donors (Lipinski definition) is 2. The lowest BCUT2D eigenvalue weighted by molar-refractivity contribution is 0.136. The lowest BCUT2D eigenvalue weighted by Crippen LogP contribution is -2.27. The average Bonchev–Trinajstić information content (AvgIpc) is 2.49.